The molecule has 8 heteroatoms. The maximum atomic E-state index is 13.4. The van der Waals surface area contributed by atoms with Crippen LogP contribution in [0.4, 0.5) is 0 Å². The molecule has 0 saturated carbocycles. The summed E-state index contributed by atoms with van der Waals surface area (Å²) in [5.41, 5.74) is 5.20. The van der Waals surface area contributed by atoms with Crippen molar-refractivity contribution in [3.8, 4) is 5.75 Å². The molecular weight excluding hydrogens is 490 g/mol. The van der Waals surface area contributed by atoms with Crippen molar-refractivity contribution in [1.29, 1.82) is 0 Å². The predicted octanol–water partition coefficient (Wildman–Crippen LogP) is 4.47. The van der Waals surface area contributed by atoms with Gasteiger partial charge in [-0.25, -0.2) is 4.79 Å². The lowest BCUT2D eigenvalue weighted by molar-refractivity contribution is -0.139. The molecule has 2 aromatic rings. The Morgan fingerprint density at radius 1 is 0.973 bits per heavy atom. The van der Waals surface area contributed by atoms with Gasteiger partial charge in [-0.15, -0.1) is 12.4 Å². The monoisotopic (exact) mass is 527 g/mol. The summed E-state index contributed by atoms with van der Waals surface area (Å²) in [5.74, 6) is -0.703. The van der Waals surface area contributed by atoms with Crippen LogP contribution in [0.3, 0.4) is 0 Å². The van der Waals surface area contributed by atoms with Gasteiger partial charge in [-0.05, 0) is 53.4 Å². The summed E-state index contributed by atoms with van der Waals surface area (Å²) >= 11 is 0. The molecule has 3 rings (SSSR count). The first-order valence-corrected chi connectivity index (χ1v) is 12.3. The normalized spacial score (nSPS) is 15.2. The quantitative estimate of drug-likeness (QED) is 0.444. The highest BCUT2D eigenvalue weighted by atomic mass is 35.5. The van der Waals surface area contributed by atoms with Gasteiger partial charge in [-0.1, -0.05) is 48.0 Å². The van der Waals surface area contributed by atoms with Crippen molar-refractivity contribution in [3.63, 3.8) is 0 Å². The average molecular weight is 528 g/mol. The largest absolute Gasteiger partial charge is 0.489 e. The van der Waals surface area contributed by atoms with Crippen molar-refractivity contribution in [2.75, 3.05) is 33.8 Å². The molecule has 1 aliphatic rings. The van der Waals surface area contributed by atoms with E-state index in [1.807, 2.05) is 95.2 Å². The maximum absolute atomic E-state index is 13.4. The number of rotatable bonds is 10. The van der Waals surface area contributed by atoms with Crippen molar-refractivity contribution < 1.29 is 19.1 Å². The minimum atomic E-state index is -0.640. The molecule has 1 amide bonds. The van der Waals surface area contributed by atoms with Crippen molar-refractivity contribution in [2.24, 2.45) is 0 Å². The van der Waals surface area contributed by atoms with Gasteiger partial charge in [0.15, 0.2) is 0 Å². The summed E-state index contributed by atoms with van der Waals surface area (Å²) in [6.45, 7) is 9.29. The molecule has 0 saturated heterocycles. The first-order chi connectivity index (χ1) is 17.2. The molecule has 1 aliphatic heterocycles. The van der Waals surface area contributed by atoms with E-state index in [2.05, 4.69) is 10.6 Å². The van der Waals surface area contributed by atoms with Crippen molar-refractivity contribution in [3.05, 3.63) is 87.8 Å². The van der Waals surface area contributed by atoms with Crippen LogP contribution >= 0.6 is 12.4 Å². The molecular formula is C29H38ClN3O4. The zero-order valence-corrected chi connectivity index (χ0v) is 23.3. The Kier molecular flexibility index (Phi) is 11.2. The molecule has 0 aromatic heterocycles. The van der Waals surface area contributed by atoms with E-state index in [1.54, 1.807) is 0 Å². The number of amides is 1. The molecule has 0 bridgehead atoms. The van der Waals surface area contributed by atoms with Crippen LogP contribution in [0.2, 0.25) is 0 Å². The third-order valence-corrected chi connectivity index (χ3v) is 6.08. The molecule has 1 unspecified atom stereocenters. The number of benzene rings is 2. The van der Waals surface area contributed by atoms with E-state index in [4.69, 9.17) is 9.47 Å². The van der Waals surface area contributed by atoms with Crippen LogP contribution in [0.1, 0.15) is 43.4 Å². The Labute approximate surface area is 226 Å². The summed E-state index contributed by atoms with van der Waals surface area (Å²) < 4.78 is 11.9. The van der Waals surface area contributed by atoms with E-state index in [0.29, 0.717) is 48.0 Å². The van der Waals surface area contributed by atoms with Crippen LogP contribution in [0, 0.1) is 6.92 Å². The standard InChI is InChI=1S/C29H37N3O4.ClH/c1-7-30-28(33)25-20(3)31-21(4)26(29(34)35-17-16-32(5)6)27(25)23-10-8-9-11-24(23)36-18-22-14-12-19(2)13-15-22;/h8-15,27,31H,7,16-18H2,1-6H3,(H,30,33);1H. The smallest absolute Gasteiger partial charge is 0.336 e. The number of nitrogens with one attached hydrogen (secondary N) is 2. The van der Waals surface area contributed by atoms with Gasteiger partial charge in [0.25, 0.3) is 0 Å². The molecule has 0 radical (unpaired) electrons. The van der Waals surface area contributed by atoms with Gasteiger partial charge < -0.3 is 25.0 Å². The number of aryl methyl sites for hydroxylation is 1. The lowest BCUT2D eigenvalue weighted by atomic mass is 9.79. The second-order valence-electron chi connectivity index (χ2n) is 9.25. The van der Waals surface area contributed by atoms with Gasteiger partial charge in [0.2, 0.25) is 5.91 Å². The molecule has 200 valence electrons. The van der Waals surface area contributed by atoms with Gasteiger partial charge in [0.05, 0.1) is 11.5 Å². The Bertz CT molecular complexity index is 1160. The average Bonchev–Trinajstić information content (AvgIpc) is 2.83. The van der Waals surface area contributed by atoms with E-state index in [-0.39, 0.29) is 24.9 Å². The number of nitrogens with zero attached hydrogens (tertiary/aromatic N) is 1. The van der Waals surface area contributed by atoms with Gasteiger partial charge in [0.1, 0.15) is 19.0 Å². The summed E-state index contributed by atoms with van der Waals surface area (Å²) in [7, 11) is 3.84. The van der Waals surface area contributed by atoms with Crippen LogP contribution < -0.4 is 15.4 Å². The highest BCUT2D eigenvalue weighted by Gasteiger charge is 2.38. The number of dihydropyridines is 1. The van der Waals surface area contributed by atoms with E-state index >= 15 is 0 Å². The molecule has 2 N–H and O–H groups in total. The molecule has 1 atom stereocenters. The van der Waals surface area contributed by atoms with E-state index < -0.39 is 11.9 Å². The van der Waals surface area contributed by atoms with Crippen LogP contribution in [0.5, 0.6) is 5.75 Å². The number of hydrogen-bond donors (Lipinski definition) is 2. The summed E-state index contributed by atoms with van der Waals surface area (Å²) in [4.78, 5) is 28.6. The number of carbonyl (C=O) groups excluding carboxylic acids is 2. The van der Waals surface area contributed by atoms with Crippen LogP contribution in [0.15, 0.2) is 71.1 Å². The first-order valence-electron chi connectivity index (χ1n) is 12.3. The highest BCUT2D eigenvalue weighted by molar-refractivity contribution is 6.02. The highest BCUT2D eigenvalue weighted by Crippen LogP contribution is 2.42. The van der Waals surface area contributed by atoms with Crippen LogP contribution in [-0.2, 0) is 20.9 Å². The SMILES string of the molecule is CCNC(=O)C1=C(C)NC(C)=C(C(=O)OCCN(C)C)C1c1ccccc1OCc1ccc(C)cc1.Cl. The number of halogens is 1. The number of carbonyl (C=O) groups is 2. The third-order valence-electron chi connectivity index (χ3n) is 6.08. The fourth-order valence-electron chi connectivity index (χ4n) is 4.23. The number of ether oxygens (including phenoxy) is 2. The number of likely N-dealkylation sites (N-methyl/N-ethyl adjacent to an activating group) is 2. The second-order valence-corrected chi connectivity index (χ2v) is 9.25. The molecule has 7 nitrogen and oxygen atoms in total. The lowest BCUT2D eigenvalue weighted by Gasteiger charge is -2.32. The predicted molar refractivity (Wildman–Crippen MR) is 149 cm³/mol. The van der Waals surface area contributed by atoms with Gasteiger partial charge in [-0.2, -0.15) is 0 Å². The molecule has 0 fully saturated rings. The van der Waals surface area contributed by atoms with E-state index in [9.17, 15) is 9.59 Å². The first kappa shape index (κ1) is 29.9. The Morgan fingerprint density at radius 3 is 2.27 bits per heavy atom. The molecule has 37 heavy (non-hydrogen) atoms. The molecule has 2 aromatic carbocycles. The zero-order chi connectivity index (χ0) is 26.2. The minimum Gasteiger partial charge on any atom is -0.489 e. The number of esters is 1. The summed E-state index contributed by atoms with van der Waals surface area (Å²) in [5, 5.41) is 6.13. The Morgan fingerprint density at radius 2 is 1.62 bits per heavy atom. The second kappa shape index (κ2) is 13.9. The topological polar surface area (TPSA) is 79.9 Å². The maximum Gasteiger partial charge on any atom is 0.336 e. The number of hydrogen-bond acceptors (Lipinski definition) is 6. The molecule has 1 heterocycles. The fourth-order valence-corrected chi connectivity index (χ4v) is 4.23. The third kappa shape index (κ3) is 7.60. The number of para-hydroxylation sites is 1. The van der Waals surface area contributed by atoms with E-state index in [0.717, 1.165) is 11.1 Å². The van der Waals surface area contributed by atoms with Crippen molar-refractivity contribution in [2.45, 2.75) is 40.2 Å². The Balaban J connectivity index is 0.00000481. The van der Waals surface area contributed by atoms with Gasteiger partial charge in [-0.3, -0.25) is 4.79 Å². The van der Waals surface area contributed by atoms with Gasteiger partial charge in [0, 0.05) is 35.6 Å². The van der Waals surface area contributed by atoms with Crippen molar-refractivity contribution in [1.82, 2.24) is 15.5 Å². The lowest BCUT2D eigenvalue weighted by Crippen LogP contribution is -2.37. The van der Waals surface area contributed by atoms with Crippen LogP contribution in [-0.4, -0.2) is 50.6 Å². The van der Waals surface area contributed by atoms with E-state index in [1.165, 1.54) is 5.56 Å². The fraction of sp³-hybridized carbons (Fsp3) is 0.379. The zero-order valence-electron chi connectivity index (χ0n) is 22.5. The van der Waals surface area contributed by atoms with Gasteiger partial charge >= 0.3 is 5.97 Å². The number of allylic oxidation sites excluding steroid dienone is 2. The molecule has 0 spiro atoms. The minimum absolute atomic E-state index is 0. The summed E-state index contributed by atoms with van der Waals surface area (Å²) in [6.07, 6.45) is 0. The summed E-state index contributed by atoms with van der Waals surface area (Å²) in [6, 6.07) is 15.7. The van der Waals surface area contributed by atoms with Crippen molar-refractivity contribution >= 4 is 24.3 Å². The van der Waals surface area contributed by atoms with Crippen LogP contribution in [0.25, 0.3) is 0 Å². The molecule has 0 aliphatic carbocycles. The Hall–Kier alpha value is -3.29.